The number of nitrogens with two attached hydrogens (primary N) is 1. The first-order chi connectivity index (χ1) is 7.22. The Kier molecular flexibility index (Phi) is 3.02. The van der Waals surface area contributed by atoms with Gasteiger partial charge >= 0.3 is 0 Å². The van der Waals surface area contributed by atoms with Gasteiger partial charge in [0.05, 0.1) is 10.2 Å². The van der Waals surface area contributed by atoms with Gasteiger partial charge in [-0.25, -0.2) is 9.97 Å². The van der Waals surface area contributed by atoms with Crippen LogP contribution in [0.15, 0.2) is 21.3 Å². The molecule has 0 spiro atoms. The summed E-state index contributed by atoms with van der Waals surface area (Å²) in [5.41, 5.74) is 7.78. The van der Waals surface area contributed by atoms with E-state index in [4.69, 9.17) is 5.73 Å². The quantitative estimate of drug-likeness (QED) is 0.921. The molecule has 0 unspecified atom stereocenters. The van der Waals surface area contributed by atoms with Crippen LogP contribution >= 0.6 is 27.3 Å². The van der Waals surface area contributed by atoms with Crippen molar-refractivity contribution in [2.75, 3.05) is 5.73 Å². The molecule has 5 heteroatoms. The van der Waals surface area contributed by atoms with E-state index in [9.17, 15) is 0 Å². The molecule has 0 bridgehead atoms. The largest absolute Gasteiger partial charge is 0.383 e. The van der Waals surface area contributed by atoms with Crippen molar-refractivity contribution in [3.8, 4) is 11.4 Å². The van der Waals surface area contributed by atoms with Gasteiger partial charge in [-0.2, -0.15) is 11.3 Å². The van der Waals surface area contributed by atoms with Crippen molar-refractivity contribution in [3.05, 3.63) is 27.0 Å². The van der Waals surface area contributed by atoms with E-state index in [-0.39, 0.29) is 0 Å². The van der Waals surface area contributed by atoms with Gasteiger partial charge in [0.25, 0.3) is 0 Å². The van der Waals surface area contributed by atoms with E-state index in [2.05, 4.69) is 25.9 Å². The van der Waals surface area contributed by atoms with Crippen molar-refractivity contribution in [3.63, 3.8) is 0 Å². The minimum Gasteiger partial charge on any atom is -0.383 e. The number of nitrogens with zero attached hydrogens (tertiary/aromatic N) is 2. The van der Waals surface area contributed by atoms with Crippen molar-refractivity contribution in [2.45, 2.75) is 13.3 Å². The summed E-state index contributed by atoms with van der Waals surface area (Å²) in [6.45, 7) is 2.05. The third-order valence-electron chi connectivity index (χ3n) is 2.06. The van der Waals surface area contributed by atoms with Gasteiger partial charge in [0.15, 0.2) is 5.82 Å². The Morgan fingerprint density at radius 1 is 1.47 bits per heavy atom. The zero-order valence-electron chi connectivity index (χ0n) is 8.20. The Morgan fingerprint density at radius 3 is 2.87 bits per heavy atom. The van der Waals surface area contributed by atoms with E-state index in [0.717, 1.165) is 22.2 Å². The number of anilines is 1. The Hall–Kier alpha value is -0.940. The molecule has 0 fully saturated rings. The lowest BCUT2D eigenvalue weighted by Gasteiger charge is -2.05. The Balaban J connectivity index is 2.55. The number of hydrogen-bond acceptors (Lipinski definition) is 4. The summed E-state index contributed by atoms with van der Waals surface area (Å²) < 4.78 is 0.809. The molecule has 0 amide bonds. The lowest BCUT2D eigenvalue weighted by Crippen LogP contribution is -2.01. The third kappa shape index (κ3) is 2.03. The third-order valence-corrected chi connectivity index (χ3v) is 3.61. The van der Waals surface area contributed by atoms with Crippen molar-refractivity contribution in [1.82, 2.24) is 9.97 Å². The van der Waals surface area contributed by atoms with Gasteiger partial charge in [-0.3, -0.25) is 0 Å². The van der Waals surface area contributed by atoms with Crippen LogP contribution in [0, 0.1) is 0 Å². The summed E-state index contributed by atoms with van der Waals surface area (Å²) in [6, 6.07) is 1.99. The van der Waals surface area contributed by atoms with Crippen LogP contribution in [-0.2, 0) is 6.42 Å². The SMILES string of the molecule is CCc1nc(-c2ccsc2)nc(N)c1Br. The molecule has 0 saturated carbocycles. The average molecular weight is 284 g/mol. The van der Waals surface area contributed by atoms with Crippen LogP contribution in [0.1, 0.15) is 12.6 Å². The first kappa shape index (κ1) is 10.6. The van der Waals surface area contributed by atoms with Gasteiger partial charge < -0.3 is 5.73 Å². The number of nitrogen functional groups attached to an aromatic ring is 1. The fraction of sp³-hybridized carbons (Fsp3) is 0.200. The van der Waals surface area contributed by atoms with Gasteiger partial charge in [-0.15, -0.1) is 0 Å². The van der Waals surface area contributed by atoms with Crippen LogP contribution in [-0.4, -0.2) is 9.97 Å². The predicted octanol–water partition coefficient (Wildman–Crippen LogP) is 3.11. The van der Waals surface area contributed by atoms with E-state index in [1.807, 2.05) is 23.8 Å². The molecule has 0 aliphatic rings. The molecule has 2 aromatic rings. The van der Waals surface area contributed by atoms with E-state index in [1.165, 1.54) is 0 Å². The van der Waals surface area contributed by atoms with Crippen LogP contribution < -0.4 is 5.73 Å². The lowest BCUT2D eigenvalue weighted by molar-refractivity contribution is 0.996. The monoisotopic (exact) mass is 283 g/mol. The Morgan fingerprint density at radius 2 is 2.27 bits per heavy atom. The fourth-order valence-electron chi connectivity index (χ4n) is 1.27. The number of hydrogen-bond donors (Lipinski definition) is 1. The van der Waals surface area contributed by atoms with Gasteiger partial charge in [0.1, 0.15) is 5.82 Å². The molecule has 15 heavy (non-hydrogen) atoms. The van der Waals surface area contributed by atoms with Crippen LogP contribution in [0.5, 0.6) is 0 Å². The van der Waals surface area contributed by atoms with Gasteiger partial charge in [0, 0.05) is 10.9 Å². The van der Waals surface area contributed by atoms with Gasteiger partial charge in [0.2, 0.25) is 0 Å². The molecule has 2 rings (SSSR count). The summed E-state index contributed by atoms with van der Waals surface area (Å²) in [7, 11) is 0. The molecule has 0 saturated heterocycles. The Bertz CT molecular complexity index is 468. The normalized spacial score (nSPS) is 10.5. The predicted molar refractivity (Wildman–Crippen MR) is 66.8 cm³/mol. The van der Waals surface area contributed by atoms with E-state index >= 15 is 0 Å². The van der Waals surface area contributed by atoms with Crippen molar-refractivity contribution in [2.24, 2.45) is 0 Å². The van der Waals surface area contributed by atoms with E-state index < -0.39 is 0 Å². The first-order valence-corrected chi connectivity index (χ1v) is 6.30. The summed E-state index contributed by atoms with van der Waals surface area (Å²) in [4.78, 5) is 8.71. The molecular formula is C10H10BrN3S. The average Bonchev–Trinajstić information content (AvgIpc) is 2.75. The molecule has 0 aromatic carbocycles. The summed E-state index contributed by atoms with van der Waals surface area (Å²) in [5.74, 6) is 1.21. The van der Waals surface area contributed by atoms with Crippen LogP contribution in [0.25, 0.3) is 11.4 Å². The molecule has 0 atom stereocenters. The summed E-state index contributed by atoms with van der Waals surface area (Å²) in [6.07, 6.45) is 0.838. The van der Waals surface area contributed by atoms with Crippen molar-refractivity contribution >= 4 is 33.1 Å². The molecule has 0 radical (unpaired) electrons. The van der Waals surface area contributed by atoms with Gasteiger partial charge in [-0.1, -0.05) is 6.92 Å². The number of rotatable bonds is 2. The lowest BCUT2D eigenvalue weighted by atomic mass is 10.2. The summed E-state index contributed by atoms with van der Waals surface area (Å²) >= 11 is 5.02. The molecule has 2 N–H and O–H groups in total. The maximum atomic E-state index is 5.81. The molecule has 2 aromatic heterocycles. The highest BCUT2D eigenvalue weighted by Crippen LogP contribution is 2.26. The molecule has 78 valence electrons. The number of aryl methyl sites for hydroxylation is 1. The standard InChI is InChI=1S/C10H10BrN3S/c1-2-7-8(11)9(12)14-10(13-7)6-3-4-15-5-6/h3-5H,2H2,1H3,(H2,12,13,14). The maximum Gasteiger partial charge on any atom is 0.162 e. The number of thiophene rings is 1. The molecular weight excluding hydrogens is 274 g/mol. The van der Waals surface area contributed by atoms with Crippen LogP contribution in [0.4, 0.5) is 5.82 Å². The minimum absolute atomic E-state index is 0.503. The molecule has 3 nitrogen and oxygen atoms in total. The highest BCUT2D eigenvalue weighted by atomic mass is 79.9. The number of halogens is 1. The van der Waals surface area contributed by atoms with Crippen molar-refractivity contribution in [1.29, 1.82) is 0 Å². The number of aromatic nitrogens is 2. The zero-order chi connectivity index (χ0) is 10.8. The van der Waals surface area contributed by atoms with Gasteiger partial charge in [-0.05, 0) is 33.8 Å². The highest BCUT2D eigenvalue weighted by molar-refractivity contribution is 9.10. The highest BCUT2D eigenvalue weighted by Gasteiger charge is 2.09. The second-order valence-electron chi connectivity index (χ2n) is 3.06. The van der Waals surface area contributed by atoms with Crippen molar-refractivity contribution < 1.29 is 0 Å². The minimum atomic E-state index is 0.503. The summed E-state index contributed by atoms with van der Waals surface area (Å²) in [5, 5.41) is 4.02. The van der Waals surface area contributed by atoms with E-state index in [0.29, 0.717) is 11.6 Å². The smallest absolute Gasteiger partial charge is 0.162 e. The second kappa shape index (κ2) is 4.28. The van der Waals surface area contributed by atoms with Crippen LogP contribution in [0.3, 0.4) is 0 Å². The molecule has 2 heterocycles. The molecule has 0 aliphatic heterocycles. The molecule has 0 aliphatic carbocycles. The van der Waals surface area contributed by atoms with Crippen LogP contribution in [0.2, 0.25) is 0 Å². The zero-order valence-corrected chi connectivity index (χ0v) is 10.6. The second-order valence-corrected chi connectivity index (χ2v) is 4.63. The first-order valence-electron chi connectivity index (χ1n) is 4.56. The maximum absolute atomic E-state index is 5.81. The van der Waals surface area contributed by atoms with E-state index in [1.54, 1.807) is 11.3 Å². The topological polar surface area (TPSA) is 51.8 Å². The Labute approximate surface area is 101 Å². The fourth-order valence-corrected chi connectivity index (χ4v) is 2.36.